The van der Waals surface area contributed by atoms with Crippen LogP contribution in [0.3, 0.4) is 0 Å². The number of nitrogens with one attached hydrogen (secondary N) is 1. The van der Waals surface area contributed by atoms with E-state index in [1.807, 2.05) is 19.9 Å². The maximum atomic E-state index is 15.2. The topological polar surface area (TPSA) is 64.0 Å². The molecule has 0 unspecified atom stereocenters. The Morgan fingerprint density at radius 1 is 1.11 bits per heavy atom. The predicted molar refractivity (Wildman–Crippen MR) is 143 cm³/mol. The normalized spacial score (nSPS) is 11.9. The van der Waals surface area contributed by atoms with Crippen molar-refractivity contribution in [2.24, 2.45) is 0 Å². The van der Waals surface area contributed by atoms with Crippen molar-refractivity contribution in [2.75, 3.05) is 5.32 Å². The molecule has 0 spiro atoms. The molecule has 8 heteroatoms. The van der Waals surface area contributed by atoms with Gasteiger partial charge in [-0.2, -0.15) is 0 Å². The van der Waals surface area contributed by atoms with Crippen LogP contribution in [0.25, 0.3) is 16.9 Å². The van der Waals surface area contributed by atoms with Crippen LogP contribution in [0.1, 0.15) is 42.1 Å². The van der Waals surface area contributed by atoms with Crippen LogP contribution in [-0.2, 0) is 11.2 Å². The molecule has 2 heterocycles. The molecule has 1 atom stereocenters. The summed E-state index contributed by atoms with van der Waals surface area (Å²) in [6.07, 6.45) is 2.16. The number of aromatic nitrogens is 2. The van der Waals surface area contributed by atoms with Crippen LogP contribution in [-0.4, -0.2) is 15.5 Å². The molecule has 37 heavy (non-hydrogen) atoms. The van der Waals surface area contributed by atoms with Crippen molar-refractivity contribution in [1.29, 1.82) is 0 Å². The van der Waals surface area contributed by atoms with Crippen molar-refractivity contribution in [3.8, 4) is 16.9 Å². The Morgan fingerprint density at radius 2 is 1.81 bits per heavy atom. The summed E-state index contributed by atoms with van der Waals surface area (Å²) < 4.78 is 29.9. The van der Waals surface area contributed by atoms with E-state index in [0.29, 0.717) is 34.6 Å². The van der Waals surface area contributed by atoms with Gasteiger partial charge >= 0.3 is 0 Å². The summed E-state index contributed by atoms with van der Waals surface area (Å²) in [6, 6.07) is 14.4. The van der Waals surface area contributed by atoms with Crippen molar-refractivity contribution in [2.45, 2.75) is 40.0 Å². The summed E-state index contributed by atoms with van der Waals surface area (Å²) in [5.74, 6) is -1.40. The van der Waals surface area contributed by atoms with Crippen molar-refractivity contribution < 1.29 is 13.6 Å². The van der Waals surface area contributed by atoms with Gasteiger partial charge in [-0.3, -0.25) is 19.1 Å². The van der Waals surface area contributed by atoms with Crippen molar-refractivity contribution >= 4 is 23.2 Å². The number of hydrogen-bond acceptors (Lipinski definition) is 3. The summed E-state index contributed by atoms with van der Waals surface area (Å²) >= 11 is 6.60. The number of pyridine rings is 2. The minimum Gasteiger partial charge on any atom is -0.324 e. The minimum absolute atomic E-state index is 0.0461. The third-order valence-electron chi connectivity index (χ3n) is 6.25. The number of halogens is 3. The third kappa shape index (κ3) is 5.47. The van der Waals surface area contributed by atoms with Gasteiger partial charge in [0, 0.05) is 24.4 Å². The fourth-order valence-electron chi connectivity index (χ4n) is 4.39. The van der Waals surface area contributed by atoms with Gasteiger partial charge < -0.3 is 5.32 Å². The zero-order valence-electron chi connectivity index (χ0n) is 20.9. The highest BCUT2D eigenvalue weighted by atomic mass is 35.5. The zero-order chi connectivity index (χ0) is 26.9. The van der Waals surface area contributed by atoms with E-state index in [-0.39, 0.29) is 33.9 Å². The van der Waals surface area contributed by atoms with Gasteiger partial charge in [0.1, 0.15) is 10.8 Å². The van der Waals surface area contributed by atoms with Gasteiger partial charge in [-0.05, 0) is 79.3 Å². The molecule has 0 bridgehead atoms. The monoisotopic (exact) mass is 521 g/mol. The maximum Gasteiger partial charge on any atom is 0.274 e. The number of hydrogen-bond donors (Lipinski definition) is 1. The van der Waals surface area contributed by atoms with E-state index in [0.717, 1.165) is 5.56 Å². The molecule has 0 aliphatic heterocycles. The molecule has 0 aliphatic carbocycles. The fourth-order valence-corrected chi connectivity index (χ4v) is 4.72. The Bertz CT molecular complexity index is 1550. The van der Waals surface area contributed by atoms with Crippen molar-refractivity contribution in [3.05, 3.63) is 110 Å². The second kappa shape index (κ2) is 10.6. The first-order chi connectivity index (χ1) is 17.6. The van der Waals surface area contributed by atoms with Gasteiger partial charge in [0.2, 0.25) is 5.91 Å². The lowest BCUT2D eigenvalue weighted by molar-refractivity contribution is -0.114. The average molecular weight is 522 g/mol. The van der Waals surface area contributed by atoms with Gasteiger partial charge in [-0.15, -0.1) is 0 Å². The molecule has 0 fully saturated rings. The molecule has 1 amide bonds. The lowest BCUT2D eigenvalue weighted by atomic mass is 9.93. The van der Waals surface area contributed by atoms with E-state index in [1.54, 1.807) is 43.5 Å². The highest BCUT2D eigenvalue weighted by Gasteiger charge is 2.20. The van der Waals surface area contributed by atoms with E-state index < -0.39 is 11.4 Å². The number of nitrogens with zero attached hydrogens (tertiary/aromatic N) is 2. The number of amides is 1. The molecular weight excluding hydrogens is 496 g/mol. The number of anilines is 1. The lowest BCUT2D eigenvalue weighted by Gasteiger charge is -2.19. The molecular formula is C29H26ClF2N3O2. The van der Waals surface area contributed by atoms with E-state index in [1.165, 1.54) is 29.7 Å². The van der Waals surface area contributed by atoms with E-state index in [4.69, 9.17) is 11.6 Å². The average Bonchev–Trinajstić information content (AvgIpc) is 2.85. The van der Waals surface area contributed by atoms with Gasteiger partial charge in [-0.1, -0.05) is 36.7 Å². The Balaban J connectivity index is 1.76. The van der Waals surface area contributed by atoms with Gasteiger partial charge in [0.05, 0.1) is 17.1 Å². The Hall–Kier alpha value is -3.84. The molecule has 2 aromatic carbocycles. The van der Waals surface area contributed by atoms with Crippen LogP contribution in [0.2, 0.25) is 5.02 Å². The first-order valence-electron chi connectivity index (χ1n) is 11.8. The predicted octanol–water partition coefficient (Wildman–Crippen LogP) is 6.75. The van der Waals surface area contributed by atoms with Gasteiger partial charge in [0.15, 0.2) is 5.82 Å². The number of aryl methyl sites for hydroxylation is 2. The van der Waals surface area contributed by atoms with E-state index >= 15 is 4.39 Å². The van der Waals surface area contributed by atoms with Gasteiger partial charge in [-0.25, -0.2) is 8.78 Å². The van der Waals surface area contributed by atoms with Crippen LogP contribution in [0, 0.1) is 25.5 Å². The lowest BCUT2D eigenvalue weighted by Crippen LogP contribution is -2.24. The first kappa shape index (κ1) is 26.2. The second-order valence-electron chi connectivity index (χ2n) is 9.13. The number of benzene rings is 2. The summed E-state index contributed by atoms with van der Waals surface area (Å²) in [5, 5.41) is 2.56. The molecule has 4 rings (SSSR count). The molecule has 0 aliphatic rings. The second-order valence-corrected chi connectivity index (χ2v) is 9.51. The maximum absolute atomic E-state index is 15.2. The minimum atomic E-state index is -0.618. The standard InChI is InChI=1S/C29H26ClF2N3O2/c1-16(12-20-8-10-21(31)11-9-20)23-13-18(3)35(29(37)27(23)30)26-14-25(33-15-17(26)2)22-6-5-7-24(28(22)32)34-19(4)36/h5-11,13-16H,12H2,1-4H3,(H,34,36)/t16-/m1/s1. The molecule has 0 radical (unpaired) electrons. The van der Waals surface area contributed by atoms with Gasteiger partial charge in [0.25, 0.3) is 5.56 Å². The Labute approximate surface area is 218 Å². The summed E-state index contributed by atoms with van der Waals surface area (Å²) in [6.45, 7) is 6.89. The first-order valence-corrected chi connectivity index (χ1v) is 12.1. The molecule has 190 valence electrons. The fraction of sp³-hybridized carbons (Fsp3) is 0.207. The highest BCUT2D eigenvalue weighted by molar-refractivity contribution is 6.31. The number of carbonyl (C=O) groups is 1. The van der Waals surface area contributed by atoms with Crippen LogP contribution in [0.4, 0.5) is 14.5 Å². The van der Waals surface area contributed by atoms with Crippen LogP contribution in [0.15, 0.2) is 65.6 Å². The van der Waals surface area contributed by atoms with Crippen LogP contribution >= 0.6 is 11.6 Å². The van der Waals surface area contributed by atoms with Crippen molar-refractivity contribution in [3.63, 3.8) is 0 Å². The number of carbonyl (C=O) groups excluding carboxylic acids is 1. The molecule has 2 aromatic heterocycles. The quantitative estimate of drug-likeness (QED) is 0.305. The molecule has 1 N–H and O–H groups in total. The van der Waals surface area contributed by atoms with E-state index in [9.17, 15) is 14.0 Å². The molecule has 0 saturated carbocycles. The van der Waals surface area contributed by atoms with Crippen LogP contribution < -0.4 is 10.9 Å². The summed E-state index contributed by atoms with van der Waals surface area (Å²) in [4.78, 5) is 29.3. The molecule has 4 aromatic rings. The largest absolute Gasteiger partial charge is 0.324 e. The highest BCUT2D eigenvalue weighted by Crippen LogP contribution is 2.31. The SMILES string of the molecule is CC(=O)Nc1cccc(-c2cc(-n3c(C)cc([C@H](C)Cc4ccc(F)cc4)c(Cl)c3=O)c(C)cn2)c1F. The zero-order valence-corrected chi connectivity index (χ0v) is 21.7. The third-order valence-corrected chi connectivity index (χ3v) is 6.63. The van der Waals surface area contributed by atoms with E-state index in [2.05, 4.69) is 10.3 Å². The Kier molecular flexibility index (Phi) is 7.55. The smallest absolute Gasteiger partial charge is 0.274 e. The summed E-state index contributed by atoms with van der Waals surface area (Å²) in [5.41, 5.74) is 3.67. The number of rotatable bonds is 6. The molecule has 5 nitrogen and oxygen atoms in total. The summed E-state index contributed by atoms with van der Waals surface area (Å²) in [7, 11) is 0. The molecule has 0 saturated heterocycles. The Morgan fingerprint density at radius 3 is 2.49 bits per heavy atom. The van der Waals surface area contributed by atoms with Crippen LogP contribution in [0.5, 0.6) is 0 Å². The van der Waals surface area contributed by atoms with Crippen molar-refractivity contribution in [1.82, 2.24) is 9.55 Å².